The van der Waals surface area contributed by atoms with Crippen molar-refractivity contribution in [1.29, 1.82) is 10.5 Å². The first-order chi connectivity index (χ1) is 28.9. The number of hydrogen-bond acceptors (Lipinski definition) is 10. The fourth-order valence-corrected chi connectivity index (χ4v) is 6.43. The minimum absolute atomic E-state index is 0.0336. The zero-order valence-electron chi connectivity index (χ0n) is 33.4. The van der Waals surface area contributed by atoms with Crippen LogP contribution in [0.2, 0.25) is 0 Å². The van der Waals surface area contributed by atoms with Crippen molar-refractivity contribution >= 4 is 33.6 Å². The van der Waals surface area contributed by atoms with Gasteiger partial charge < -0.3 is 18.9 Å². The second-order valence-electron chi connectivity index (χ2n) is 13.5. The zero-order chi connectivity index (χ0) is 44.6. The average Bonchev–Trinajstić information content (AvgIpc) is 3.87. The number of imidazole rings is 2. The molecular weight excluding hydrogens is 810 g/mol. The lowest BCUT2D eigenvalue weighted by atomic mass is 10.0. The third kappa shape index (κ3) is 10.6. The summed E-state index contributed by atoms with van der Waals surface area (Å²) in [5.41, 5.74) is 5.55. The molecule has 0 aliphatic carbocycles. The van der Waals surface area contributed by atoms with E-state index in [0.29, 0.717) is 22.4 Å². The molecule has 2 heterocycles. The smallest absolute Gasteiger partial charge is 0.389 e. The lowest BCUT2D eigenvalue weighted by molar-refractivity contribution is -0.134. The van der Waals surface area contributed by atoms with Crippen molar-refractivity contribution in [3.63, 3.8) is 0 Å². The third-order valence-electron chi connectivity index (χ3n) is 9.53. The van der Waals surface area contributed by atoms with Crippen LogP contribution in [0.5, 0.6) is 23.0 Å². The van der Waals surface area contributed by atoms with Crippen molar-refractivity contribution < 1.29 is 54.9 Å². The van der Waals surface area contributed by atoms with E-state index in [0.717, 1.165) is 22.2 Å². The molecule has 0 bridgehead atoms. The van der Waals surface area contributed by atoms with E-state index >= 15 is 0 Å². The molecule has 0 fully saturated rings. The molecule has 0 aliphatic heterocycles. The summed E-state index contributed by atoms with van der Waals surface area (Å²) in [6, 6.07) is 21.4. The van der Waals surface area contributed by atoms with Gasteiger partial charge in [-0.15, -0.1) is 0 Å². The first kappa shape index (κ1) is 45.0. The maximum atomic E-state index is 12.6. The van der Waals surface area contributed by atoms with E-state index in [1.165, 1.54) is 28.4 Å². The van der Waals surface area contributed by atoms with Crippen LogP contribution in [-0.2, 0) is 6.42 Å². The number of carbonyl (C=O) groups excluding carboxylic acids is 2. The SMILES string of the molecule is COc1cc(-n2cnc3cc(C(C)C#N)ccc32)cc(OC)c1C(=O)CCC(F)(F)F.COc1cc(-n2cnc3cc(CC#N)ccc32)cc(OC)c1C(=O)CCC(F)(F)F. The topological polar surface area (TPSA) is 154 Å². The van der Waals surface area contributed by atoms with E-state index in [-0.39, 0.29) is 46.5 Å². The highest BCUT2D eigenvalue weighted by Crippen LogP contribution is 2.37. The summed E-state index contributed by atoms with van der Waals surface area (Å²) in [6.07, 6.45) is -9.32. The second kappa shape index (κ2) is 18.9. The Labute approximate surface area is 345 Å². The van der Waals surface area contributed by atoms with Crippen LogP contribution in [0, 0.1) is 22.7 Å². The van der Waals surface area contributed by atoms with Crippen molar-refractivity contribution in [3.8, 4) is 46.5 Å². The second-order valence-corrected chi connectivity index (χ2v) is 13.5. The number of ketones is 2. The summed E-state index contributed by atoms with van der Waals surface area (Å²) < 4.78 is 99.9. The molecule has 4 aromatic carbocycles. The molecule has 1 unspecified atom stereocenters. The molecule has 6 rings (SSSR count). The quantitative estimate of drug-likeness (QED) is 0.0764. The lowest BCUT2D eigenvalue weighted by Crippen LogP contribution is -2.13. The monoisotopic (exact) mass is 848 g/mol. The molecule has 0 saturated carbocycles. The lowest BCUT2D eigenvalue weighted by Gasteiger charge is -2.16. The predicted octanol–water partition coefficient (Wildman–Crippen LogP) is 9.83. The number of halogens is 6. The third-order valence-corrected chi connectivity index (χ3v) is 9.53. The molecule has 0 radical (unpaired) electrons. The van der Waals surface area contributed by atoms with Crippen LogP contribution in [0.1, 0.15) is 70.4 Å². The van der Waals surface area contributed by atoms with Crippen LogP contribution in [0.3, 0.4) is 0 Å². The number of hydrogen-bond donors (Lipinski definition) is 0. The van der Waals surface area contributed by atoms with Gasteiger partial charge in [-0.05, 0) is 42.3 Å². The number of Topliss-reactive ketones (excluding diaryl/α,β-unsaturated/α-hetero) is 2. The van der Waals surface area contributed by atoms with E-state index in [1.54, 1.807) is 59.0 Å². The van der Waals surface area contributed by atoms with Crippen molar-refractivity contribution in [1.82, 2.24) is 19.1 Å². The predicted molar refractivity (Wildman–Crippen MR) is 211 cm³/mol. The van der Waals surface area contributed by atoms with Gasteiger partial charge in [-0.25, -0.2) is 9.97 Å². The van der Waals surface area contributed by atoms with E-state index in [2.05, 4.69) is 22.1 Å². The summed E-state index contributed by atoms with van der Waals surface area (Å²) in [5.74, 6) is -1.28. The van der Waals surface area contributed by atoms with Gasteiger partial charge in [-0.3, -0.25) is 18.7 Å². The number of carbonyl (C=O) groups is 2. The number of fused-ring (bicyclic) bond motifs is 2. The number of ether oxygens (including phenoxy) is 4. The van der Waals surface area contributed by atoms with E-state index < -0.39 is 49.6 Å². The number of rotatable bonds is 14. The van der Waals surface area contributed by atoms with E-state index in [9.17, 15) is 35.9 Å². The number of methoxy groups -OCH3 is 4. The van der Waals surface area contributed by atoms with Crippen molar-refractivity contribution in [3.05, 3.63) is 95.6 Å². The molecular formula is C43H38F6N6O6. The Bertz CT molecular complexity index is 2610. The van der Waals surface area contributed by atoms with Gasteiger partial charge in [-0.1, -0.05) is 12.1 Å². The Balaban J connectivity index is 0.000000231. The average molecular weight is 849 g/mol. The summed E-state index contributed by atoms with van der Waals surface area (Å²) in [6.45, 7) is 1.79. The fraction of sp³-hybridized carbons (Fsp3) is 0.302. The molecule has 12 nitrogen and oxygen atoms in total. The van der Waals surface area contributed by atoms with Gasteiger partial charge in [0.25, 0.3) is 0 Å². The van der Waals surface area contributed by atoms with Crippen LogP contribution < -0.4 is 18.9 Å². The van der Waals surface area contributed by atoms with E-state index in [1.807, 2.05) is 30.3 Å². The van der Waals surface area contributed by atoms with Gasteiger partial charge in [0, 0.05) is 37.1 Å². The zero-order valence-corrected chi connectivity index (χ0v) is 33.4. The Morgan fingerprint density at radius 1 is 0.656 bits per heavy atom. The molecule has 0 amide bonds. The van der Waals surface area contributed by atoms with Gasteiger partial charge in [0.1, 0.15) is 46.8 Å². The molecule has 0 saturated heterocycles. The minimum atomic E-state index is -4.44. The molecule has 18 heteroatoms. The van der Waals surface area contributed by atoms with Gasteiger partial charge in [0.05, 0.1) is 99.2 Å². The van der Waals surface area contributed by atoms with Gasteiger partial charge >= 0.3 is 12.4 Å². The number of aromatic nitrogens is 4. The van der Waals surface area contributed by atoms with Crippen LogP contribution in [-0.4, -0.2) is 71.5 Å². The number of nitriles is 2. The van der Waals surface area contributed by atoms with Crippen molar-refractivity contribution in [2.75, 3.05) is 28.4 Å². The number of nitrogens with zero attached hydrogens (tertiary/aromatic N) is 6. The molecule has 0 aliphatic rings. The standard InChI is InChI=1S/C22H20F3N3O3.C21H18F3N3O3/c1-13(11-26)14-4-5-17-16(8-14)27-12-28(17)15-9-19(30-2)21(20(10-15)31-3)18(29)6-7-22(23,24)25;1-29-18-10-14(11-19(30-2)20(18)17(28)5-7-21(22,23)24)27-12-26-15-9-13(6-8-25)3-4-16(15)27/h4-5,8-10,12-13H,6-7H2,1-3H3;3-4,9-12H,5-7H2,1-2H3. The fourth-order valence-electron chi connectivity index (χ4n) is 6.43. The number of alkyl halides is 6. The van der Waals surface area contributed by atoms with E-state index in [4.69, 9.17) is 29.5 Å². The van der Waals surface area contributed by atoms with Crippen LogP contribution in [0.15, 0.2) is 73.3 Å². The van der Waals surface area contributed by atoms with Crippen LogP contribution >= 0.6 is 0 Å². The van der Waals surface area contributed by atoms with Gasteiger partial charge in [0.15, 0.2) is 11.6 Å². The first-order valence-electron chi connectivity index (χ1n) is 18.4. The van der Waals surface area contributed by atoms with Crippen molar-refractivity contribution in [2.24, 2.45) is 0 Å². The largest absolute Gasteiger partial charge is 0.496 e. The molecule has 1 atom stereocenters. The van der Waals surface area contributed by atoms with Gasteiger partial charge in [-0.2, -0.15) is 36.9 Å². The Kier molecular flexibility index (Phi) is 13.9. The highest BCUT2D eigenvalue weighted by molar-refractivity contribution is 6.02. The summed E-state index contributed by atoms with van der Waals surface area (Å²) in [7, 11) is 5.33. The van der Waals surface area contributed by atoms with Gasteiger partial charge in [0.2, 0.25) is 0 Å². The van der Waals surface area contributed by atoms with Crippen LogP contribution in [0.25, 0.3) is 33.4 Å². The maximum Gasteiger partial charge on any atom is 0.389 e. The number of benzene rings is 4. The summed E-state index contributed by atoms with van der Waals surface area (Å²) in [5, 5.41) is 18.0. The molecule has 0 spiro atoms. The molecule has 318 valence electrons. The Morgan fingerprint density at radius 2 is 1.07 bits per heavy atom. The molecule has 61 heavy (non-hydrogen) atoms. The minimum Gasteiger partial charge on any atom is -0.496 e. The first-order valence-corrected chi connectivity index (χ1v) is 18.4. The molecule has 6 aromatic rings. The highest BCUT2D eigenvalue weighted by atomic mass is 19.4. The summed E-state index contributed by atoms with van der Waals surface area (Å²) >= 11 is 0. The maximum absolute atomic E-state index is 12.6. The normalized spacial score (nSPS) is 11.9. The Morgan fingerprint density at radius 3 is 1.44 bits per heavy atom. The van der Waals surface area contributed by atoms with Crippen molar-refractivity contribution in [2.45, 2.75) is 57.3 Å². The molecule has 0 N–H and O–H groups in total. The highest BCUT2D eigenvalue weighted by Gasteiger charge is 2.31. The Hall–Kier alpha value is -7.08. The summed E-state index contributed by atoms with van der Waals surface area (Å²) in [4.78, 5) is 33.7. The molecule has 2 aromatic heterocycles. The van der Waals surface area contributed by atoms with Crippen LogP contribution in [0.4, 0.5) is 26.3 Å².